The molecule has 21 heavy (non-hydrogen) atoms. The van der Waals surface area contributed by atoms with Gasteiger partial charge in [0.2, 0.25) is 0 Å². The molecule has 104 valence electrons. The van der Waals surface area contributed by atoms with E-state index in [4.69, 9.17) is 11.6 Å². The Balaban J connectivity index is 1.81. The first-order valence-electron chi connectivity index (χ1n) is 6.38. The van der Waals surface area contributed by atoms with E-state index in [0.717, 1.165) is 5.69 Å². The van der Waals surface area contributed by atoms with Crippen LogP contribution in [0.15, 0.2) is 67.3 Å². The van der Waals surface area contributed by atoms with E-state index < -0.39 is 0 Å². The third kappa shape index (κ3) is 2.95. The molecule has 0 radical (unpaired) electrons. The molecule has 1 amide bonds. The number of hydrogen-bond acceptors (Lipinski definition) is 2. The van der Waals surface area contributed by atoms with Gasteiger partial charge in [0.05, 0.1) is 16.3 Å². The first-order chi connectivity index (χ1) is 10.2. The van der Waals surface area contributed by atoms with Crippen LogP contribution in [0.5, 0.6) is 0 Å². The normalized spacial score (nSPS) is 10.3. The van der Waals surface area contributed by atoms with Gasteiger partial charge in [0, 0.05) is 30.5 Å². The van der Waals surface area contributed by atoms with Crippen molar-refractivity contribution in [2.45, 2.75) is 0 Å². The second-order valence-corrected chi connectivity index (χ2v) is 4.86. The van der Waals surface area contributed by atoms with Crippen molar-refractivity contribution in [3.05, 3.63) is 77.8 Å². The summed E-state index contributed by atoms with van der Waals surface area (Å²) in [6.45, 7) is 0. The fourth-order valence-corrected chi connectivity index (χ4v) is 2.27. The predicted octanol–water partition coefficient (Wildman–Crippen LogP) is 3.78. The highest BCUT2D eigenvalue weighted by atomic mass is 35.5. The van der Waals surface area contributed by atoms with E-state index in [2.05, 4.69) is 10.3 Å². The van der Waals surface area contributed by atoms with Gasteiger partial charge >= 0.3 is 0 Å². The standard InChI is InChI=1S/C16H12ClN3O/c17-14-10-13(5-6-15(14)20-8-1-2-9-20)19-16(21)12-4-3-7-18-11-12/h1-11H,(H,19,21). The fourth-order valence-electron chi connectivity index (χ4n) is 1.99. The molecule has 0 fully saturated rings. The number of hydrogen-bond donors (Lipinski definition) is 1. The molecule has 0 aliphatic heterocycles. The summed E-state index contributed by atoms with van der Waals surface area (Å²) < 4.78 is 1.91. The molecular weight excluding hydrogens is 286 g/mol. The van der Waals surface area contributed by atoms with E-state index >= 15 is 0 Å². The number of anilines is 1. The molecule has 4 nitrogen and oxygen atoms in total. The van der Waals surface area contributed by atoms with Gasteiger partial charge in [-0.1, -0.05) is 11.6 Å². The lowest BCUT2D eigenvalue weighted by atomic mass is 10.2. The zero-order valence-electron chi connectivity index (χ0n) is 11.0. The van der Waals surface area contributed by atoms with Crippen molar-refractivity contribution in [3.8, 4) is 5.69 Å². The average molecular weight is 298 g/mol. The summed E-state index contributed by atoms with van der Waals surface area (Å²) in [4.78, 5) is 16.0. The van der Waals surface area contributed by atoms with Crippen molar-refractivity contribution < 1.29 is 4.79 Å². The van der Waals surface area contributed by atoms with E-state index in [9.17, 15) is 4.79 Å². The van der Waals surface area contributed by atoms with Gasteiger partial charge in [-0.25, -0.2) is 0 Å². The maximum Gasteiger partial charge on any atom is 0.257 e. The van der Waals surface area contributed by atoms with Crippen LogP contribution in [-0.4, -0.2) is 15.5 Å². The van der Waals surface area contributed by atoms with Gasteiger partial charge in [-0.2, -0.15) is 0 Å². The molecule has 0 saturated carbocycles. The minimum Gasteiger partial charge on any atom is -0.322 e. The Labute approximate surface area is 127 Å². The summed E-state index contributed by atoms with van der Waals surface area (Å²) in [7, 11) is 0. The lowest BCUT2D eigenvalue weighted by molar-refractivity contribution is 0.102. The van der Waals surface area contributed by atoms with Crippen LogP contribution in [0, 0.1) is 0 Å². The number of amides is 1. The van der Waals surface area contributed by atoms with Crippen LogP contribution < -0.4 is 5.32 Å². The molecule has 2 aromatic heterocycles. The van der Waals surface area contributed by atoms with Crippen molar-refractivity contribution in [2.75, 3.05) is 5.32 Å². The molecule has 3 rings (SSSR count). The van der Waals surface area contributed by atoms with Crippen LogP contribution in [-0.2, 0) is 0 Å². The Morgan fingerprint density at radius 3 is 2.62 bits per heavy atom. The van der Waals surface area contributed by atoms with Crippen molar-refractivity contribution in [1.29, 1.82) is 0 Å². The minimum atomic E-state index is -0.215. The van der Waals surface area contributed by atoms with Gasteiger partial charge in [-0.15, -0.1) is 0 Å². The van der Waals surface area contributed by atoms with E-state index in [1.165, 1.54) is 6.20 Å². The topological polar surface area (TPSA) is 46.9 Å². The lowest BCUT2D eigenvalue weighted by Gasteiger charge is -2.09. The number of benzene rings is 1. The van der Waals surface area contributed by atoms with Crippen molar-refractivity contribution in [2.24, 2.45) is 0 Å². The summed E-state index contributed by atoms with van der Waals surface area (Å²) in [5, 5.41) is 3.36. The van der Waals surface area contributed by atoms with Gasteiger partial charge < -0.3 is 9.88 Å². The SMILES string of the molecule is O=C(Nc1ccc(-n2cccc2)c(Cl)c1)c1cccnc1. The summed E-state index contributed by atoms with van der Waals surface area (Å²) in [5.41, 5.74) is 2.01. The molecule has 0 bridgehead atoms. The second kappa shape index (κ2) is 5.81. The predicted molar refractivity (Wildman–Crippen MR) is 83.0 cm³/mol. The number of carbonyl (C=O) groups excluding carboxylic acids is 1. The zero-order chi connectivity index (χ0) is 14.7. The van der Waals surface area contributed by atoms with Crippen molar-refractivity contribution in [3.63, 3.8) is 0 Å². The van der Waals surface area contributed by atoms with Crippen LogP contribution in [0.1, 0.15) is 10.4 Å². The molecule has 0 spiro atoms. The Kier molecular flexibility index (Phi) is 3.71. The molecule has 2 heterocycles. The summed E-state index contributed by atoms with van der Waals surface area (Å²) in [6, 6.07) is 12.7. The molecule has 0 saturated heterocycles. The van der Waals surface area contributed by atoms with Gasteiger partial charge in [-0.05, 0) is 42.5 Å². The molecule has 0 aliphatic rings. The Morgan fingerprint density at radius 2 is 1.95 bits per heavy atom. The van der Waals surface area contributed by atoms with Crippen LogP contribution in [0.25, 0.3) is 5.69 Å². The quantitative estimate of drug-likeness (QED) is 0.800. The smallest absolute Gasteiger partial charge is 0.257 e. The molecule has 1 aromatic carbocycles. The van der Waals surface area contributed by atoms with E-state index in [-0.39, 0.29) is 5.91 Å². The highest BCUT2D eigenvalue weighted by Gasteiger charge is 2.08. The Bertz CT molecular complexity index is 754. The summed E-state index contributed by atoms with van der Waals surface area (Å²) in [6.07, 6.45) is 6.97. The largest absolute Gasteiger partial charge is 0.322 e. The summed E-state index contributed by atoms with van der Waals surface area (Å²) in [5.74, 6) is -0.215. The molecule has 5 heteroatoms. The molecular formula is C16H12ClN3O. The first-order valence-corrected chi connectivity index (χ1v) is 6.76. The molecule has 1 N–H and O–H groups in total. The van der Waals surface area contributed by atoms with Crippen LogP contribution >= 0.6 is 11.6 Å². The average Bonchev–Trinajstić information content (AvgIpc) is 3.02. The Morgan fingerprint density at radius 1 is 1.14 bits per heavy atom. The fraction of sp³-hybridized carbons (Fsp3) is 0. The van der Waals surface area contributed by atoms with Crippen molar-refractivity contribution >= 4 is 23.2 Å². The minimum absolute atomic E-state index is 0.215. The second-order valence-electron chi connectivity index (χ2n) is 4.45. The monoisotopic (exact) mass is 297 g/mol. The Hall–Kier alpha value is -2.59. The summed E-state index contributed by atoms with van der Waals surface area (Å²) >= 11 is 6.27. The van der Waals surface area contributed by atoms with Gasteiger partial charge in [0.1, 0.15) is 0 Å². The number of halogens is 1. The van der Waals surface area contributed by atoms with Crippen molar-refractivity contribution in [1.82, 2.24) is 9.55 Å². The van der Waals surface area contributed by atoms with E-state index in [0.29, 0.717) is 16.3 Å². The first kappa shape index (κ1) is 13.4. The zero-order valence-corrected chi connectivity index (χ0v) is 11.8. The molecule has 0 aliphatic carbocycles. The molecule has 0 unspecified atom stereocenters. The van der Waals surface area contributed by atoms with Gasteiger partial charge in [0.25, 0.3) is 5.91 Å². The van der Waals surface area contributed by atoms with Gasteiger partial charge in [-0.3, -0.25) is 9.78 Å². The van der Waals surface area contributed by atoms with E-state index in [1.54, 1.807) is 24.4 Å². The number of rotatable bonds is 3. The lowest BCUT2D eigenvalue weighted by Crippen LogP contribution is -2.12. The number of pyridine rings is 1. The highest BCUT2D eigenvalue weighted by Crippen LogP contribution is 2.24. The molecule has 3 aromatic rings. The maximum absolute atomic E-state index is 12.0. The van der Waals surface area contributed by atoms with Crippen LogP contribution in [0.4, 0.5) is 5.69 Å². The van der Waals surface area contributed by atoms with Gasteiger partial charge in [0.15, 0.2) is 0 Å². The number of nitrogens with one attached hydrogen (secondary N) is 1. The number of carbonyl (C=O) groups is 1. The third-order valence-electron chi connectivity index (χ3n) is 3.01. The molecule has 0 atom stereocenters. The highest BCUT2D eigenvalue weighted by molar-refractivity contribution is 6.32. The number of aromatic nitrogens is 2. The van der Waals surface area contributed by atoms with Crippen LogP contribution in [0.2, 0.25) is 5.02 Å². The van der Waals surface area contributed by atoms with E-state index in [1.807, 2.05) is 41.2 Å². The number of nitrogens with zero attached hydrogens (tertiary/aromatic N) is 2. The van der Waals surface area contributed by atoms with Crippen LogP contribution in [0.3, 0.4) is 0 Å². The maximum atomic E-state index is 12.0. The third-order valence-corrected chi connectivity index (χ3v) is 3.31.